The van der Waals surface area contributed by atoms with E-state index >= 15 is 0 Å². The normalized spacial score (nSPS) is 10.6. The number of halogens is 1. The topological polar surface area (TPSA) is 38.3 Å². The van der Waals surface area contributed by atoms with Crippen LogP contribution in [0.4, 0.5) is 0 Å². The number of carbonyl (C=O) groups is 1. The highest BCUT2D eigenvalue weighted by molar-refractivity contribution is 6.32. The zero-order chi connectivity index (χ0) is 18.4. The number of nitrogens with one attached hydrogen (secondary N) is 1. The van der Waals surface area contributed by atoms with Gasteiger partial charge in [-0.1, -0.05) is 78.3 Å². The summed E-state index contributed by atoms with van der Waals surface area (Å²) in [6.45, 7) is 1.85. The van der Waals surface area contributed by atoms with Gasteiger partial charge in [-0.25, -0.2) is 0 Å². The Morgan fingerprint density at radius 3 is 2.12 bits per heavy atom. The van der Waals surface area contributed by atoms with E-state index in [9.17, 15) is 4.79 Å². The zero-order valence-corrected chi connectivity index (χ0v) is 15.2. The van der Waals surface area contributed by atoms with E-state index in [1.807, 2.05) is 79.7 Å². The standard InChI is InChI=1S/C22H20ClNO2/c1-16-12-13-19(23)20(14-16)26-15-21(25)24-22(17-8-4-2-5-9-17)18-10-6-3-7-11-18/h2-14,22H,15H2,1H3,(H,24,25). The third-order valence-corrected chi connectivity index (χ3v) is 4.33. The summed E-state index contributed by atoms with van der Waals surface area (Å²) in [5.74, 6) is 0.304. The van der Waals surface area contributed by atoms with Crippen molar-refractivity contribution in [2.24, 2.45) is 0 Å². The van der Waals surface area contributed by atoms with E-state index in [1.165, 1.54) is 0 Å². The van der Waals surface area contributed by atoms with Gasteiger partial charge >= 0.3 is 0 Å². The van der Waals surface area contributed by atoms with Crippen LogP contribution in [0.15, 0.2) is 78.9 Å². The molecule has 0 aromatic heterocycles. The number of amides is 1. The molecule has 0 fully saturated rings. The van der Waals surface area contributed by atoms with E-state index < -0.39 is 0 Å². The van der Waals surface area contributed by atoms with E-state index in [-0.39, 0.29) is 18.6 Å². The van der Waals surface area contributed by atoms with Gasteiger partial charge in [-0.15, -0.1) is 0 Å². The van der Waals surface area contributed by atoms with Crippen LogP contribution < -0.4 is 10.1 Å². The minimum atomic E-state index is -0.235. The fourth-order valence-corrected chi connectivity index (χ4v) is 2.89. The monoisotopic (exact) mass is 365 g/mol. The molecule has 3 aromatic carbocycles. The van der Waals surface area contributed by atoms with Crippen molar-refractivity contribution in [3.05, 3.63) is 101 Å². The second-order valence-corrected chi connectivity index (χ2v) is 6.45. The lowest BCUT2D eigenvalue weighted by Gasteiger charge is -2.20. The van der Waals surface area contributed by atoms with Crippen LogP contribution in [-0.4, -0.2) is 12.5 Å². The first-order valence-corrected chi connectivity index (χ1v) is 8.79. The molecule has 0 heterocycles. The predicted octanol–water partition coefficient (Wildman–Crippen LogP) is 4.93. The van der Waals surface area contributed by atoms with Gasteiger partial charge in [0.1, 0.15) is 5.75 Å². The molecular formula is C22H20ClNO2. The number of carbonyl (C=O) groups excluding carboxylic acids is 1. The Morgan fingerprint density at radius 1 is 0.962 bits per heavy atom. The third kappa shape index (κ3) is 4.64. The van der Waals surface area contributed by atoms with Crippen molar-refractivity contribution >= 4 is 17.5 Å². The summed E-state index contributed by atoms with van der Waals surface area (Å²) >= 11 is 6.12. The Bertz CT molecular complexity index is 826. The molecule has 4 heteroatoms. The maximum Gasteiger partial charge on any atom is 0.258 e. The van der Waals surface area contributed by atoms with E-state index in [0.717, 1.165) is 16.7 Å². The first kappa shape index (κ1) is 18.0. The van der Waals surface area contributed by atoms with Gasteiger partial charge in [-0.2, -0.15) is 0 Å². The summed E-state index contributed by atoms with van der Waals surface area (Å²) in [5, 5.41) is 3.54. The number of aryl methyl sites for hydroxylation is 1. The second kappa shape index (κ2) is 8.54. The van der Waals surface area contributed by atoms with Crippen molar-refractivity contribution in [1.29, 1.82) is 0 Å². The number of rotatable bonds is 6. The first-order valence-electron chi connectivity index (χ1n) is 8.41. The molecule has 0 spiro atoms. The largest absolute Gasteiger partial charge is 0.482 e. The van der Waals surface area contributed by atoms with Gasteiger partial charge in [0.2, 0.25) is 0 Å². The van der Waals surface area contributed by atoms with Gasteiger partial charge in [0.25, 0.3) is 5.91 Å². The fraction of sp³-hybridized carbons (Fsp3) is 0.136. The number of benzene rings is 3. The summed E-state index contributed by atoms with van der Waals surface area (Å²) in [7, 11) is 0. The van der Waals surface area contributed by atoms with Gasteiger partial charge in [0.05, 0.1) is 11.1 Å². The molecule has 0 aliphatic heterocycles. The highest BCUT2D eigenvalue weighted by atomic mass is 35.5. The smallest absolute Gasteiger partial charge is 0.258 e. The minimum absolute atomic E-state index is 0.0979. The van der Waals surface area contributed by atoms with Crippen molar-refractivity contribution in [3.8, 4) is 5.75 Å². The van der Waals surface area contributed by atoms with Gasteiger partial charge in [0.15, 0.2) is 6.61 Å². The molecule has 0 radical (unpaired) electrons. The molecular weight excluding hydrogens is 346 g/mol. The summed E-state index contributed by atoms with van der Waals surface area (Å²) in [6, 6.07) is 25.0. The molecule has 0 aliphatic rings. The molecule has 3 nitrogen and oxygen atoms in total. The maximum absolute atomic E-state index is 12.5. The summed E-state index contributed by atoms with van der Waals surface area (Å²) in [4.78, 5) is 12.5. The minimum Gasteiger partial charge on any atom is -0.482 e. The van der Waals surface area contributed by atoms with E-state index in [4.69, 9.17) is 16.3 Å². The number of hydrogen-bond donors (Lipinski definition) is 1. The first-order chi connectivity index (χ1) is 12.6. The number of hydrogen-bond acceptors (Lipinski definition) is 2. The van der Waals surface area contributed by atoms with Gasteiger partial charge in [-0.05, 0) is 35.7 Å². The lowest BCUT2D eigenvalue weighted by Crippen LogP contribution is -2.33. The van der Waals surface area contributed by atoms with Gasteiger partial charge in [-0.3, -0.25) is 4.79 Å². The lowest BCUT2D eigenvalue weighted by atomic mass is 9.99. The van der Waals surface area contributed by atoms with Crippen LogP contribution in [0.3, 0.4) is 0 Å². The Labute approximate surface area is 158 Å². The Balaban J connectivity index is 1.72. The van der Waals surface area contributed by atoms with E-state index in [2.05, 4.69) is 5.32 Å². The van der Waals surface area contributed by atoms with E-state index in [0.29, 0.717) is 10.8 Å². The van der Waals surface area contributed by atoms with Crippen LogP contribution in [0.2, 0.25) is 5.02 Å². The molecule has 132 valence electrons. The van der Waals surface area contributed by atoms with Crippen molar-refractivity contribution in [3.63, 3.8) is 0 Å². The second-order valence-electron chi connectivity index (χ2n) is 6.04. The van der Waals surface area contributed by atoms with Crippen molar-refractivity contribution in [1.82, 2.24) is 5.32 Å². The van der Waals surface area contributed by atoms with Crippen LogP contribution in [0, 0.1) is 6.92 Å². The maximum atomic E-state index is 12.5. The average Bonchev–Trinajstić information content (AvgIpc) is 2.68. The average molecular weight is 366 g/mol. The lowest BCUT2D eigenvalue weighted by molar-refractivity contribution is -0.123. The Kier molecular flexibility index (Phi) is 5.92. The highest BCUT2D eigenvalue weighted by Crippen LogP contribution is 2.25. The summed E-state index contributed by atoms with van der Waals surface area (Å²) in [5.41, 5.74) is 3.05. The molecule has 3 aromatic rings. The SMILES string of the molecule is Cc1ccc(Cl)c(OCC(=O)NC(c2ccccc2)c2ccccc2)c1. The van der Waals surface area contributed by atoms with Crippen molar-refractivity contribution in [2.45, 2.75) is 13.0 Å². The quantitative estimate of drug-likeness (QED) is 0.672. The molecule has 0 saturated carbocycles. The van der Waals surface area contributed by atoms with Crippen LogP contribution in [0.5, 0.6) is 5.75 Å². The molecule has 0 unspecified atom stereocenters. The molecule has 0 atom stereocenters. The third-order valence-electron chi connectivity index (χ3n) is 4.02. The van der Waals surface area contributed by atoms with Crippen molar-refractivity contribution < 1.29 is 9.53 Å². The molecule has 3 rings (SSSR count). The van der Waals surface area contributed by atoms with E-state index in [1.54, 1.807) is 6.07 Å². The fourth-order valence-electron chi connectivity index (χ4n) is 2.72. The van der Waals surface area contributed by atoms with Gasteiger partial charge in [0, 0.05) is 0 Å². The van der Waals surface area contributed by atoms with Crippen LogP contribution >= 0.6 is 11.6 Å². The van der Waals surface area contributed by atoms with Crippen LogP contribution in [0.1, 0.15) is 22.7 Å². The Hall–Kier alpha value is -2.78. The van der Waals surface area contributed by atoms with Crippen LogP contribution in [-0.2, 0) is 4.79 Å². The molecule has 1 amide bonds. The summed E-state index contributed by atoms with van der Waals surface area (Å²) in [6.07, 6.45) is 0. The zero-order valence-electron chi connectivity index (χ0n) is 14.5. The molecule has 0 bridgehead atoms. The van der Waals surface area contributed by atoms with Gasteiger partial charge < -0.3 is 10.1 Å². The Morgan fingerprint density at radius 2 is 1.54 bits per heavy atom. The summed E-state index contributed by atoms with van der Waals surface area (Å²) < 4.78 is 5.61. The number of ether oxygens (including phenoxy) is 1. The van der Waals surface area contributed by atoms with Crippen molar-refractivity contribution in [2.75, 3.05) is 6.61 Å². The predicted molar refractivity (Wildman–Crippen MR) is 105 cm³/mol. The molecule has 26 heavy (non-hydrogen) atoms. The molecule has 1 N–H and O–H groups in total. The van der Waals surface area contributed by atoms with Crippen LogP contribution in [0.25, 0.3) is 0 Å². The highest BCUT2D eigenvalue weighted by Gasteiger charge is 2.17. The molecule has 0 saturated heterocycles. The molecule has 0 aliphatic carbocycles.